The zero-order valence-electron chi connectivity index (χ0n) is 34.0. The average Bonchev–Trinajstić information content (AvgIpc) is 3.87. The van der Waals surface area contributed by atoms with Gasteiger partial charge in [0.2, 0.25) is 5.95 Å². The van der Waals surface area contributed by atoms with Gasteiger partial charge in [0.15, 0.2) is 11.5 Å². The fraction of sp³-hybridized carbons (Fsp3) is 0.477. The lowest BCUT2D eigenvalue weighted by molar-refractivity contribution is -0.129. The van der Waals surface area contributed by atoms with Crippen LogP contribution in [0.1, 0.15) is 108 Å². The molecular formula is C44H55N9O5. The van der Waals surface area contributed by atoms with E-state index in [1.54, 1.807) is 10.7 Å². The molecule has 2 aromatic carbocycles. The van der Waals surface area contributed by atoms with Gasteiger partial charge in [-0.25, -0.2) is 9.48 Å². The van der Waals surface area contributed by atoms with Crippen LogP contribution in [-0.2, 0) is 15.0 Å². The summed E-state index contributed by atoms with van der Waals surface area (Å²) in [7, 11) is 0. The molecule has 0 bridgehead atoms. The van der Waals surface area contributed by atoms with E-state index in [0.29, 0.717) is 42.7 Å². The molecule has 0 radical (unpaired) electrons. The zero-order chi connectivity index (χ0) is 40.2. The van der Waals surface area contributed by atoms with E-state index >= 15 is 0 Å². The highest BCUT2D eigenvalue weighted by atomic mass is 16.7. The van der Waals surface area contributed by atoms with Crippen LogP contribution in [0.15, 0.2) is 72.9 Å². The fourth-order valence-electron chi connectivity index (χ4n) is 8.42. The van der Waals surface area contributed by atoms with E-state index in [-0.39, 0.29) is 29.9 Å². The summed E-state index contributed by atoms with van der Waals surface area (Å²) in [6.07, 6.45) is 10.2. The summed E-state index contributed by atoms with van der Waals surface area (Å²) < 4.78 is 16.5. The van der Waals surface area contributed by atoms with Crippen molar-refractivity contribution in [2.45, 2.75) is 103 Å². The van der Waals surface area contributed by atoms with Crippen molar-refractivity contribution in [3.05, 3.63) is 89.7 Å². The van der Waals surface area contributed by atoms with Gasteiger partial charge >= 0.3 is 12.5 Å². The molecule has 3 aromatic heterocycles. The maximum atomic E-state index is 14.3. The zero-order valence-corrected chi connectivity index (χ0v) is 34.0. The van der Waals surface area contributed by atoms with Gasteiger partial charge in [-0.2, -0.15) is 5.10 Å². The molecule has 14 heteroatoms. The van der Waals surface area contributed by atoms with E-state index < -0.39 is 6.03 Å². The summed E-state index contributed by atoms with van der Waals surface area (Å²) in [5.41, 5.74) is 3.71. The normalized spacial score (nSPS) is 20.0. The smallest absolute Gasteiger partial charge is 0.357 e. The van der Waals surface area contributed by atoms with Crippen LogP contribution in [0.25, 0.3) is 11.3 Å². The number of anilines is 2. The number of pyridine rings is 1. The Hall–Kier alpha value is -5.63. The van der Waals surface area contributed by atoms with Crippen LogP contribution in [-0.4, -0.2) is 80.6 Å². The Balaban J connectivity index is 1.01. The maximum absolute atomic E-state index is 14.3. The molecular weight excluding hydrogens is 735 g/mol. The second kappa shape index (κ2) is 17.1. The van der Waals surface area contributed by atoms with Crippen molar-refractivity contribution in [3.63, 3.8) is 0 Å². The molecule has 58 heavy (non-hydrogen) atoms. The number of aromatic nitrogens is 5. The van der Waals surface area contributed by atoms with Crippen molar-refractivity contribution in [2.24, 2.45) is 0 Å². The second-order valence-corrected chi connectivity index (χ2v) is 16.7. The summed E-state index contributed by atoms with van der Waals surface area (Å²) in [6, 6.07) is 20.7. The summed E-state index contributed by atoms with van der Waals surface area (Å²) in [6.45, 7) is 13.2. The average molecular weight is 790 g/mol. The third kappa shape index (κ3) is 8.47. The Morgan fingerprint density at radius 2 is 1.71 bits per heavy atom. The number of carbonyl (C=O) groups excluding carboxylic acids is 2. The van der Waals surface area contributed by atoms with Crippen LogP contribution >= 0.6 is 0 Å². The minimum absolute atomic E-state index is 0.247. The molecule has 306 valence electrons. The highest BCUT2D eigenvalue weighted by molar-refractivity contribution is 5.90. The van der Waals surface area contributed by atoms with Crippen molar-refractivity contribution in [1.29, 1.82) is 0 Å². The third-order valence-electron chi connectivity index (χ3n) is 11.6. The number of likely N-dealkylation sites (tertiary alicyclic amines) is 1. The summed E-state index contributed by atoms with van der Waals surface area (Å²) >= 11 is 0. The number of fused-ring (bicyclic) bond motifs is 2. The number of benzene rings is 2. The molecule has 14 nitrogen and oxygen atoms in total. The molecule has 2 aliphatic heterocycles. The highest BCUT2D eigenvalue weighted by Crippen LogP contribution is 2.40. The van der Waals surface area contributed by atoms with Crippen LogP contribution < -0.4 is 24.8 Å². The number of hydroxylamine groups is 1. The first kappa shape index (κ1) is 39.2. The number of rotatable bonds is 12. The number of carbonyl (C=O) groups is 2. The van der Waals surface area contributed by atoms with Gasteiger partial charge in [0.1, 0.15) is 24.2 Å². The summed E-state index contributed by atoms with van der Waals surface area (Å²) in [4.78, 5) is 36.5. The Labute approximate surface area is 340 Å². The predicted octanol–water partition coefficient (Wildman–Crippen LogP) is 7.72. The third-order valence-corrected chi connectivity index (χ3v) is 11.6. The van der Waals surface area contributed by atoms with Gasteiger partial charge in [-0.3, -0.25) is 14.1 Å². The maximum Gasteiger partial charge on any atom is 0.357 e. The van der Waals surface area contributed by atoms with Gasteiger partial charge < -0.3 is 24.5 Å². The topological polar surface area (TPSA) is 132 Å². The molecule has 1 N–H and O–H groups in total. The number of hydrogen-bond donors (Lipinski definition) is 1. The molecule has 0 saturated carbocycles. The van der Waals surface area contributed by atoms with E-state index in [0.717, 1.165) is 72.5 Å². The van der Waals surface area contributed by atoms with E-state index in [1.165, 1.54) is 25.7 Å². The number of nitrogens with zero attached hydrogens (tertiary/aromatic N) is 8. The molecule has 2 saturated heterocycles. The van der Waals surface area contributed by atoms with Gasteiger partial charge in [0, 0.05) is 36.7 Å². The van der Waals surface area contributed by atoms with Crippen LogP contribution in [0.2, 0.25) is 0 Å². The molecule has 0 unspecified atom stereocenters. The standard InChI is InChI=1S/C44H55N9O5/c1-31-13-8-11-24-50(31)42-47-46-40-21-18-34(29-51(40)42)58-38-20-19-37(35-16-6-7-17-36(35)38)45-43(55)53(57-30-54)41-28-39(44(2,3)4)48-52(41)32-14-12-15-33(27-32)56-26-25-49-22-9-5-10-23-49/h6-7,12,14-18,21,27-31,37-38H,5,8-11,13,19-20,22-26H2,1-4H3,(H,45,55)/t31-,37-,38+/m0/s1. The Morgan fingerprint density at radius 3 is 2.50 bits per heavy atom. The predicted molar refractivity (Wildman–Crippen MR) is 222 cm³/mol. The van der Waals surface area contributed by atoms with E-state index in [4.69, 9.17) is 19.4 Å². The molecule has 2 amide bonds. The molecule has 1 aliphatic carbocycles. The number of ether oxygens (including phenoxy) is 2. The van der Waals surface area contributed by atoms with Crippen LogP contribution in [0.4, 0.5) is 16.6 Å². The first-order chi connectivity index (χ1) is 28.2. The number of hydrogen-bond acceptors (Lipinski definition) is 10. The minimum Gasteiger partial charge on any atom is -0.492 e. The van der Waals surface area contributed by atoms with Crippen molar-refractivity contribution in [2.75, 3.05) is 42.7 Å². The fourth-order valence-corrected chi connectivity index (χ4v) is 8.42. The molecule has 3 aliphatic rings. The van der Waals surface area contributed by atoms with Crippen LogP contribution in [0.3, 0.4) is 0 Å². The van der Waals surface area contributed by atoms with E-state index in [2.05, 4.69) is 32.2 Å². The highest BCUT2D eigenvalue weighted by Gasteiger charge is 2.34. The number of urea groups is 1. The van der Waals surface area contributed by atoms with Crippen molar-refractivity contribution >= 4 is 29.9 Å². The van der Waals surface area contributed by atoms with Gasteiger partial charge in [-0.1, -0.05) is 57.5 Å². The van der Waals surface area contributed by atoms with Crippen LogP contribution in [0.5, 0.6) is 11.5 Å². The van der Waals surface area contributed by atoms with Gasteiger partial charge in [-0.05, 0) is 100 Å². The van der Waals surface area contributed by atoms with Crippen LogP contribution in [0, 0.1) is 0 Å². The monoisotopic (exact) mass is 789 g/mol. The molecule has 2 fully saturated rings. The largest absolute Gasteiger partial charge is 0.492 e. The number of piperidine rings is 2. The lowest BCUT2D eigenvalue weighted by Gasteiger charge is -2.34. The molecule has 5 aromatic rings. The van der Waals surface area contributed by atoms with E-state index in [1.807, 2.05) is 92.0 Å². The Kier molecular flexibility index (Phi) is 11.5. The minimum atomic E-state index is -0.598. The Bertz CT molecular complexity index is 2210. The van der Waals surface area contributed by atoms with Gasteiger partial charge in [0.25, 0.3) is 0 Å². The molecule has 8 rings (SSSR count). The molecule has 5 heterocycles. The number of nitrogens with one attached hydrogen (secondary N) is 1. The molecule has 3 atom stereocenters. The second-order valence-electron chi connectivity index (χ2n) is 16.7. The SMILES string of the molecule is C[C@H]1CCCCN1c1nnc2ccc(O[C@@H]3CC[C@H](NC(=O)N(OC=O)c4cc(C(C)(C)C)nn4-c4cccc(OCCN5CCCCC5)c4)c4ccccc43)cn12. The van der Waals surface area contributed by atoms with E-state index in [9.17, 15) is 9.59 Å². The summed E-state index contributed by atoms with van der Waals surface area (Å²) in [5.74, 6) is 2.52. The lowest BCUT2D eigenvalue weighted by atomic mass is 9.85. The van der Waals surface area contributed by atoms with Crippen molar-refractivity contribution < 1.29 is 23.9 Å². The quantitative estimate of drug-likeness (QED) is 0.0991. The Morgan fingerprint density at radius 1 is 0.897 bits per heavy atom. The lowest BCUT2D eigenvalue weighted by Crippen LogP contribution is -2.43. The summed E-state index contributed by atoms with van der Waals surface area (Å²) in [5, 5.41) is 18.0. The first-order valence-electron chi connectivity index (χ1n) is 20.8. The number of amides is 2. The van der Waals surface area contributed by atoms with Crippen molar-refractivity contribution in [1.82, 2.24) is 34.6 Å². The van der Waals surface area contributed by atoms with Gasteiger partial charge in [-0.15, -0.1) is 15.3 Å². The van der Waals surface area contributed by atoms with Crippen molar-refractivity contribution in [3.8, 4) is 17.2 Å². The molecule has 0 spiro atoms. The first-order valence-corrected chi connectivity index (χ1v) is 20.8. The van der Waals surface area contributed by atoms with Gasteiger partial charge in [0.05, 0.1) is 23.6 Å².